The van der Waals surface area contributed by atoms with Gasteiger partial charge in [0.2, 0.25) is 0 Å². The van der Waals surface area contributed by atoms with Crippen molar-refractivity contribution >= 4 is 61.9 Å². The summed E-state index contributed by atoms with van der Waals surface area (Å²) in [6, 6.07) is 11.5. The number of hydrogen-bond donors (Lipinski definition) is 3. The van der Waals surface area contributed by atoms with Crippen LogP contribution in [0, 0.1) is 11.3 Å². The van der Waals surface area contributed by atoms with Crippen LogP contribution >= 0.6 is 34.5 Å². The van der Waals surface area contributed by atoms with E-state index in [0.717, 1.165) is 0 Å². The maximum Gasteiger partial charge on any atom is 0.326 e. The SMILES string of the molecule is N#C/C(=C/Nc1ccc(S(=O)(=O)NC(N)=O)cc1)c1nc(-c2ccc(Cl)cc2Cl)cs1. The monoisotopic (exact) mass is 493 g/mol. The topological polar surface area (TPSA) is 138 Å². The smallest absolute Gasteiger partial charge is 0.326 e. The lowest BCUT2D eigenvalue weighted by Gasteiger charge is -2.06. The number of nitrogens with zero attached hydrogens (tertiary/aromatic N) is 2. The van der Waals surface area contributed by atoms with Crippen LogP contribution in [0.4, 0.5) is 10.5 Å². The van der Waals surface area contributed by atoms with Gasteiger partial charge in [-0.05, 0) is 42.5 Å². The van der Waals surface area contributed by atoms with Gasteiger partial charge in [0.25, 0.3) is 10.0 Å². The Hall–Kier alpha value is -3.10. The number of carbonyl (C=O) groups is 1. The van der Waals surface area contributed by atoms with Crippen LogP contribution in [-0.4, -0.2) is 19.4 Å². The molecule has 31 heavy (non-hydrogen) atoms. The Labute approximate surface area is 192 Å². The van der Waals surface area contributed by atoms with E-state index >= 15 is 0 Å². The molecule has 0 saturated carbocycles. The molecule has 0 radical (unpaired) electrons. The molecule has 2 amide bonds. The summed E-state index contributed by atoms with van der Waals surface area (Å²) >= 11 is 13.4. The minimum absolute atomic E-state index is 0.134. The number of aromatic nitrogens is 1. The van der Waals surface area contributed by atoms with E-state index in [-0.39, 0.29) is 10.5 Å². The summed E-state index contributed by atoms with van der Waals surface area (Å²) in [6.45, 7) is 0. The van der Waals surface area contributed by atoms with Crippen molar-refractivity contribution in [2.45, 2.75) is 4.90 Å². The van der Waals surface area contributed by atoms with Crippen molar-refractivity contribution < 1.29 is 13.2 Å². The molecule has 0 aliphatic heterocycles. The number of carbonyl (C=O) groups excluding carboxylic acids is 1. The minimum atomic E-state index is -4.03. The number of allylic oxidation sites excluding steroid dienone is 1. The van der Waals surface area contributed by atoms with Crippen LogP contribution in [0.15, 0.2) is 58.9 Å². The number of thiazole rings is 1. The van der Waals surface area contributed by atoms with Crippen molar-refractivity contribution in [2.75, 3.05) is 5.32 Å². The Morgan fingerprint density at radius 2 is 1.90 bits per heavy atom. The van der Waals surface area contributed by atoms with Crippen molar-refractivity contribution in [3.05, 3.63) is 69.1 Å². The van der Waals surface area contributed by atoms with Crippen molar-refractivity contribution in [1.29, 1.82) is 5.26 Å². The molecule has 3 rings (SSSR count). The van der Waals surface area contributed by atoms with Gasteiger partial charge in [0.15, 0.2) is 0 Å². The molecule has 0 fully saturated rings. The van der Waals surface area contributed by atoms with Crippen molar-refractivity contribution in [3.8, 4) is 17.3 Å². The van der Waals surface area contributed by atoms with Gasteiger partial charge in [-0.3, -0.25) is 0 Å². The molecule has 8 nitrogen and oxygen atoms in total. The van der Waals surface area contributed by atoms with E-state index in [4.69, 9.17) is 28.9 Å². The molecule has 1 aromatic heterocycles. The highest BCUT2D eigenvalue weighted by Crippen LogP contribution is 2.32. The number of nitriles is 1. The number of rotatable bonds is 6. The van der Waals surface area contributed by atoms with E-state index in [9.17, 15) is 18.5 Å². The van der Waals surface area contributed by atoms with E-state index < -0.39 is 16.1 Å². The van der Waals surface area contributed by atoms with Gasteiger partial charge < -0.3 is 11.1 Å². The fourth-order valence-corrected chi connectivity index (χ4v) is 4.61. The van der Waals surface area contributed by atoms with Crippen molar-refractivity contribution in [3.63, 3.8) is 0 Å². The first-order chi connectivity index (χ1) is 14.7. The van der Waals surface area contributed by atoms with Gasteiger partial charge in [0.1, 0.15) is 16.6 Å². The second-order valence-corrected chi connectivity index (χ2v) is 9.35. The Balaban J connectivity index is 1.78. The van der Waals surface area contributed by atoms with Crippen LogP contribution in [0.2, 0.25) is 10.0 Å². The molecular formula is C19H13Cl2N5O3S2. The minimum Gasteiger partial charge on any atom is -0.360 e. The maximum absolute atomic E-state index is 11.9. The van der Waals surface area contributed by atoms with E-state index in [0.29, 0.717) is 32.0 Å². The summed E-state index contributed by atoms with van der Waals surface area (Å²) in [5.74, 6) is 0. The van der Waals surface area contributed by atoms with Crippen LogP contribution in [0.3, 0.4) is 0 Å². The lowest BCUT2D eigenvalue weighted by atomic mass is 10.2. The van der Waals surface area contributed by atoms with Gasteiger partial charge in [-0.15, -0.1) is 11.3 Å². The highest BCUT2D eigenvalue weighted by atomic mass is 35.5. The quantitative estimate of drug-likeness (QED) is 0.433. The molecule has 1 heterocycles. The standard InChI is InChI=1S/C19H13Cl2N5O3S2/c20-12-1-6-15(16(21)7-12)17-10-30-18(25-17)11(8-22)9-24-13-2-4-14(5-3-13)31(28,29)26-19(23)27/h1-7,9-10,24H,(H3,23,26,27)/b11-9-. The van der Waals surface area contributed by atoms with Crippen LogP contribution < -0.4 is 15.8 Å². The molecule has 0 atom stereocenters. The molecule has 3 aromatic rings. The summed E-state index contributed by atoms with van der Waals surface area (Å²) < 4.78 is 25.5. The first-order valence-corrected chi connectivity index (χ1v) is 11.5. The summed E-state index contributed by atoms with van der Waals surface area (Å²) in [5.41, 5.74) is 6.95. The summed E-state index contributed by atoms with van der Waals surface area (Å²) in [7, 11) is -4.03. The third-order valence-corrected chi connectivity index (χ3v) is 6.63. The van der Waals surface area contributed by atoms with Crippen LogP contribution in [-0.2, 0) is 10.0 Å². The summed E-state index contributed by atoms with van der Waals surface area (Å²) in [5, 5.41) is 15.6. The van der Waals surface area contributed by atoms with Gasteiger partial charge in [-0.1, -0.05) is 23.2 Å². The predicted octanol–water partition coefficient (Wildman–Crippen LogP) is 4.45. The molecule has 0 spiro atoms. The van der Waals surface area contributed by atoms with Crippen LogP contribution in [0.5, 0.6) is 0 Å². The lowest BCUT2D eigenvalue weighted by Crippen LogP contribution is -2.34. The van der Waals surface area contributed by atoms with E-state index in [2.05, 4.69) is 16.4 Å². The number of nitrogens with one attached hydrogen (secondary N) is 2. The zero-order valence-corrected chi connectivity index (χ0v) is 18.6. The number of benzene rings is 2. The fourth-order valence-electron chi connectivity index (χ4n) is 2.44. The number of amides is 2. The Morgan fingerprint density at radius 3 is 2.52 bits per heavy atom. The van der Waals surface area contributed by atoms with Gasteiger partial charge in [0, 0.05) is 27.9 Å². The second-order valence-electron chi connectivity index (χ2n) is 5.97. The average molecular weight is 494 g/mol. The van der Waals surface area contributed by atoms with E-state index in [1.165, 1.54) is 41.8 Å². The van der Waals surface area contributed by atoms with E-state index in [1.54, 1.807) is 28.3 Å². The summed E-state index contributed by atoms with van der Waals surface area (Å²) in [6.07, 6.45) is 1.46. The normalized spacial score (nSPS) is 11.6. The van der Waals surface area contributed by atoms with Gasteiger partial charge in [-0.2, -0.15) is 5.26 Å². The predicted molar refractivity (Wildman–Crippen MR) is 121 cm³/mol. The van der Waals surface area contributed by atoms with Crippen LogP contribution in [0.1, 0.15) is 5.01 Å². The van der Waals surface area contributed by atoms with Crippen LogP contribution in [0.25, 0.3) is 16.8 Å². The zero-order valence-electron chi connectivity index (χ0n) is 15.5. The number of urea groups is 1. The molecule has 158 valence electrons. The summed E-state index contributed by atoms with van der Waals surface area (Å²) in [4.78, 5) is 15.1. The highest BCUT2D eigenvalue weighted by molar-refractivity contribution is 7.90. The Bertz CT molecular complexity index is 1310. The molecule has 0 aliphatic carbocycles. The number of anilines is 1. The van der Waals surface area contributed by atoms with Crippen molar-refractivity contribution in [1.82, 2.24) is 9.71 Å². The Morgan fingerprint density at radius 1 is 1.19 bits per heavy atom. The zero-order chi connectivity index (χ0) is 22.6. The lowest BCUT2D eigenvalue weighted by molar-refractivity contribution is 0.253. The maximum atomic E-state index is 11.9. The van der Waals surface area contributed by atoms with Crippen molar-refractivity contribution in [2.24, 2.45) is 5.73 Å². The first-order valence-electron chi connectivity index (χ1n) is 8.40. The Kier molecular flexibility index (Phi) is 6.82. The third kappa shape index (κ3) is 5.53. The number of sulfonamides is 1. The number of primary amides is 1. The molecule has 0 saturated heterocycles. The largest absolute Gasteiger partial charge is 0.360 e. The average Bonchev–Trinajstić information content (AvgIpc) is 3.17. The molecule has 0 bridgehead atoms. The number of nitrogens with two attached hydrogens (primary N) is 1. The number of hydrogen-bond acceptors (Lipinski definition) is 7. The molecular weight excluding hydrogens is 481 g/mol. The molecule has 0 aliphatic rings. The molecule has 12 heteroatoms. The number of halogens is 2. The second kappa shape index (κ2) is 9.36. The van der Waals surface area contributed by atoms with Gasteiger partial charge in [0.05, 0.1) is 15.6 Å². The third-order valence-electron chi connectivity index (χ3n) is 3.84. The highest BCUT2D eigenvalue weighted by Gasteiger charge is 2.15. The fraction of sp³-hybridized carbons (Fsp3) is 0. The van der Waals surface area contributed by atoms with Gasteiger partial charge in [-0.25, -0.2) is 22.9 Å². The van der Waals surface area contributed by atoms with Gasteiger partial charge >= 0.3 is 6.03 Å². The molecule has 0 unspecified atom stereocenters. The molecule has 4 N–H and O–H groups in total. The first kappa shape index (κ1) is 22.6. The van der Waals surface area contributed by atoms with E-state index in [1.807, 2.05) is 0 Å². The molecule has 2 aromatic carbocycles.